The van der Waals surface area contributed by atoms with Crippen LogP contribution >= 0.6 is 0 Å². The number of ether oxygens (including phenoxy) is 2. The first kappa shape index (κ1) is 20.4. The lowest BCUT2D eigenvalue weighted by Gasteiger charge is -2.19. The highest BCUT2D eigenvalue weighted by Gasteiger charge is 2.21. The van der Waals surface area contributed by atoms with Crippen molar-refractivity contribution >= 4 is 21.7 Å². The lowest BCUT2D eigenvalue weighted by Crippen LogP contribution is -2.26. The summed E-state index contributed by atoms with van der Waals surface area (Å²) in [5.74, 6) is 0.193. The molecule has 0 radical (unpaired) electrons. The first-order valence-corrected chi connectivity index (χ1v) is 10.3. The van der Waals surface area contributed by atoms with E-state index in [1.165, 1.54) is 35.6 Å². The molecule has 7 heteroatoms. The van der Waals surface area contributed by atoms with Gasteiger partial charge >= 0.3 is 5.97 Å². The molecule has 3 rings (SSSR count). The minimum Gasteiger partial charge on any atom is -0.497 e. The molecule has 6 nitrogen and oxygen atoms in total. The Morgan fingerprint density at radius 3 is 2.10 bits per heavy atom. The lowest BCUT2D eigenvalue weighted by atomic mass is 10.2. The lowest BCUT2D eigenvalue weighted by molar-refractivity contribution is 0.0472. The number of hydrogen-bond donors (Lipinski definition) is 0. The molecule has 0 bridgehead atoms. The maximum atomic E-state index is 12.8. The highest BCUT2D eigenvalue weighted by molar-refractivity contribution is 7.92. The molecule has 0 heterocycles. The van der Waals surface area contributed by atoms with Crippen LogP contribution in [0, 0.1) is 0 Å². The van der Waals surface area contributed by atoms with Gasteiger partial charge in [-0.15, -0.1) is 0 Å². The fourth-order valence-electron chi connectivity index (χ4n) is 2.65. The number of sulfonamides is 1. The molecule has 0 aliphatic rings. The van der Waals surface area contributed by atoms with E-state index >= 15 is 0 Å². The number of carbonyl (C=O) groups excluding carboxylic acids is 1. The predicted molar refractivity (Wildman–Crippen MR) is 111 cm³/mol. The van der Waals surface area contributed by atoms with Crippen molar-refractivity contribution in [1.82, 2.24) is 0 Å². The summed E-state index contributed by atoms with van der Waals surface area (Å²) in [5.41, 5.74) is 1.65. The quantitative estimate of drug-likeness (QED) is 0.552. The number of hydrogen-bond acceptors (Lipinski definition) is 5. The number of methoxy groups -OCH3 is 1. The van der Waals surface area contributed by atoms with Crippen LogP contribution in [-0.2, 0) is 21.4 Å². The molecule has 29 heavy (non-hydrogen) atoms. The smallest absolute Gasteiger partial charge is 0.338 e. The topological polar surface area (TPSA) is 72.9 Å². The maximum absolute atomic E-state index is 12.8. The molecule has 0 fully saturated rings. The molecule has 0 spiro atoms. The number of esters is 1. The fourth-order valence-corrected chi connectivity index (χ4v) is 3.85. The normalized spacial score (nSPS) is 11.0. The molecule has 0 saturated heterocycles. The van der Waals surface area contributed by atoms with Crippen molar-refractivity contribution in [3.8, 4) is 5.75 Å². The van der Waals surface area contributed by atoms with Gasteiger partial charge in [0.05, 0.1) is 23.3 Å². The summed E-state index contributed by atoms with van der Waals surface area (Å²) in [6, 6.07) is 21.6. The highest BCUT2D eigenvalue weighted by atomic mass is 32.2. The van der Waals surface area contributed by atoms with E-state index in [9.17, 15) is 13.2 Å². The summed E-state index contributed by atoms with van der Waals surface area (Å²) in [5, 5.41) is 0. The van der Waals surface area contributed by atoms with Crippen LogP contribution < -0.4 is 9.04 Å². The largest absolute Gasteiger partial charge is 0.497 e. The molecular formula is C22H21NO5S. The third kappa shape index (κ3) is 4.75. The van der Waals surface area contributed by atoms with Gasteiger partial charge in [0.25, 0.3) is 10.0 Å². The molecule has 0 aromatic heterocycles. The standard InChI is InChI=1S/C22H21NO5S/c1-23(19-6-4-3-5-7-19)29(25,26)21-14-10-18(11-15-21)22(24)28-16-17-8-12-20(27-2)13-9-17/h3-15H,16H2,1-2H3. The summed E-state index contributed by atoms with van der Waals surface area (Å²) >= 11 is 0. The SMILES string of the molecule is COc1ccc(COC(=O)c2ccc(S(=O)(=O)N(C)c3ccccc3)cc2)cc1. The number of benzene rings is 3. The first-order valence-electron chi connectivity index (χ1n) is 8.86. The molecular weight excluding hydrogens is 390 g/mol. The van der Waals surface area contributed by atoms with Gasteiger partial charge < -0.3 is 9.47 Å². The molecule has 3 aromatic rings. The van der Waals surface area contributed by atoms with E-state index in [-0.39, 0.29) is 17.1 Å². The van der Waals surface area contributed by atoms with Crippen molar-refractivity contribution < 1.29 is 22.7 Å². The highest BCUT2D eigenvalue weighted by Crippen LogP contribution is 2.22. The van der Waals surface area contributed by atoms with Crippen LogP contribution in [-0.4, -0.2) is 28.5 Å². The van der Waals surface area contributed by atoms with Crippen LogP contribution in [0.2, 0.25) is 0 Å². The van der Waals surface area contributed by atoms with Gasteiger partial charge in [-0.2, -0.15) is 0 Å². The third-order valence-electron chi connectivity index (χ3n) is 4.40. The van der Waals surface area contributed by atoms with Crippen LogP contribution in [0.3, 0.4) is 0 Å². The Labute approximate surface area is 170 Å². The summed E-state index contributed by atoms with van der Waals surface area (Å²) in [4.78, 5) is 12.3. The molecule has 0 N–H and O–H groups in total. The zero-order valence-corrected chi connectivity index (χ0v) is 16.9. The van der Waals surface area contributed by atoms with Gasteiger partial charge in [0, 0.05) is 7.05 Å². The zero-order valence-electron chi connectivity index (χ0n) is 16.1. The summed E-state index contributed by atoms with van der Waals surface area (Å²) in [7, 11) is -0.659. The second-order valence-corrected chi connectivity index (χ2v) is 8.23. The predicted octanol–water partition coefficient (Wildman–Crippen LogP) is 3.88. The third-order valence-corrected chi connectivity index (χ3v) is 6.20. The Balaban J connectivity index is 1.67. The summed E-state index contributed by atoms with van der Waals surface area (Å²) < 4.78 is 37.1. The van der Waals surface area contributed by atoms with Gasteiger partial charge in [0.2, 0.25) is 0 Å². The summed E-state index contributed by atoms with van der Waals surface area (Å²) in [6.45, 7) is 0.111. The van der Waals surface area contributed by atoms with Crippen molar-refractivity contribution in [2.75, 3.05) is 18.5 Å². The van der Waals surface area contributed by atoms with Crippen LogP contribution in [0.4, 0.5) is 5.69 Å². The van der Waals surface area contributed by atoms with Crippen LogP contribution in [0.5, 0.6) is 5.75 Å². The Hall–Kier alpha value is -3.32. The van der Waals surface area contributed by atoms with Crippen LogP contribution in [0.1, 0.15) is 15.9 Å². The van der Waals surface area contributed by atoms with Crippen molar-refractivity contribution in [3.05, 3.63) is 90.0 Å². The Kier molecular flexibility index (Phi) is 6.19. The Morgan fingerprint density at radius 2 is 1.52 bits per heavy atom. The van der Waals surface area contributed by atoms with E-state index in [1.807, 2.05) is 6.07 Å². The number of carbonyl (C=O) groups is 1. The molecule has 0 aliphatic heterocycles. The average Bonchev–Trinajstić information content (AvgIpc) is 2.78. The fraction of sp³-hybridized carbons (Fsp3) is 0.136. The molecule has 0 unspecified atom stereocenters. The first-order chi connectivity index (χ1) is 13.9. The minimum atomic E-state index is -3.73. The average molecular weight is 411 g/mol. The monoisotopic (exact) mass is 411 g/mol. The molecule has 0 atom stereocenters. The van der Waals surface area contributed by atoms with Crippen LogP contribution in [0.15, 0.2) is 83.8 Å². The molecule has 150 valence electrons. The Morgan fingerprint density at radius 1 is 0.897 bits per heavy atom. The minimum absolute atomic E-state index is 0.0931. The van der Waals surface area contributed by atoms with E-state index in [0.717, 1.165) is 11.3 Å². The van der Waals surface area contributed by atoms with Crippen LogP contribution in [0.25, 0.3) is 0 Å². The molecule has 3 aromatic carbocycles. The van der Waals surface area contributed by atoms with E-state index in [1.54, 1.807) is 55.6 Å². The van der Waals surface area contributed by atoms with E-state index in [2.05, 4.69) is 0 Å². The van der Waals surface area contributed by atoms with Gasteiger partial charge in [0.15, 0.2) is 0 Å². The summed E-state index contributed by atoms with van der Waals surface area (Å²) in [6.07, 6.45) is 0. The van der Waals surface area contributed by atoms with E-state index < -0.39 is 16.0 Å². The number of anilines is 1. The second kappa shape index (κ2) is 8.79. The molecule has 0 amide bonds. The Bertz CT molecular complexity index is 1060. The van der Waals surface area contributed by atoms with Crippen molar-refractivity contribution in [2.24, 2.45) is 0 Å². The molecule has 0 aliphatic carbocycles. The van der Waals surface area contributed by atoms with Gasteiger partial charge in [-0.05, 0) is 54.1 Å². The van der Waals surface area contributed by atoms with E-state index in [0.29, 0.717) is 5.69 Å². The maximum Gasteiger partial charge on any atom is 0.338 e. The van der Waals surface area contributed by atoms with E-state index in [4.69, 9.17) is 9.47 Å². The number of rotatable bonds is 7. The zero-order chi connectivity index (χ0) is 20.9. The number of para-hydroxylation sites is 1. The van der Waals surface area contributed by atoms with Gasteiger partial charge in [0.1, 0.15) is 12.4 Å². The van der Waals surface area contributed by atoms with Crippen molar-refractivity contribution in [3.63, 3.8) is 0 Å². The van der Waals surface area contributed by atoms with Gasteiger partial charge in [-0.1, -0.05) is 30.3 Å². The van der Waals surface area contributed by atoms with Crippen molar-refractivity contribution in [2.45, 2.75) is 11.5 Å². The van der Waals surface area contributed by atoms with Crippen molar-refractivity contribution in [1.29, 1.82) is 0 Å². The number of nitrogens with zero attached hydrogens (tertiary/aromatic N) is 1. The molecule has 0 saturated carbocycles. The van der Waals surface area contributed by atoms with Gasteiger partial charge in [-0.3, -0.25) is 4.31 Å². The second-order valence-electron chi connectivity index (χ2n) is 6.26. The van der Waals surface area contributed by atoms with Gasteiger partial charge in [-0.25, -0.2) is 13.2 Å².